The number of aryl methyl sites for hydroxylation is 1. The Kier molecular flexibility index (Phi) is 5.76. The summed E-state index contributed by atoms with van der Waals surface area (Å²) in [6.07, 6.45) is 6.69. The number of nitrogens with one attached hydrogen (secondary N) is 2. The molecule has 2 fully saturated rings. The molecule has 138 valence electrons. The van der Waals surface area contributed by atoms with Crippen LogP contribution in [0.25, 0.3) is 0 Å². The molecule has 1 amide bonds. The summed E-state index contributed by atoms with van der Waals surface area (Å²) in [6, 6.07) is 7.41. The first kappa shape index (κ1) is 18.4. The predicted octanol–water partition coefficient (Wildman–Crippen LogP) is 1.45. The number of rotatable bonds is 7. The molecule has 2 aliphatic rings. The number of nitrogens with two attached hydrogens (primary N) is 1. The van der Waals surface area contributed by atoms with Crippen LogP contribution in [0.3, 0.4) is 0 Å². The maximum absolute atomic E-state index is 12.1. The smallest absolute Gasteiger partial charge is 0.240 e. The van der Waals surface area contributed by atoms with Crippen LogP contribution in [0.15, 0.2) is 29.2 Å². The molecule has 0 aliphatic heterocycles. The van der Waals surface area contributed by atoms with Gasteiger partial charge in [0.25, 0.3) is 0 Å². The zero-order valence-electron chi connectivity index (χ0n) is 14.4. The van der Waals surface area contributed by atoms with Crippen LogP contribution in [0.5, 0.6) is 0 Å². The van der Waals surface area contributed by atoms with Crippen molar-refractivity contribution in [2.75, 3.05) is 0 Å². The molecule has 0 bridgehead atoms. The summed E-state index contributed by atoms with van der Waals surface area (Å²) in [5.74, 6) is 0.0487. The van der Waals surface area contributed by atoms with Crippen molar-refractivity contribution in [2.24, 2.45) is 5.73 Å². The van der Waals surface area contributed by atoms with Crippen molar-refractivity contribution in [2.45, 2.75) is 74.4 Å². The Balaban J connectivity index is 1.45. The summed E-state index contributed by atoms with van der Waals surface area (Å²) < 4.78 is 26.9. The van der Waals surface area contributed by atoms with Gasteiger partial charge in [0.1, 0.15) is 0 Å². The molecule has 2 saturated carbocycles. The summed E-state index contributed by atoms with van der Waals surface area (Å²) in [6.45, 7) is 0. The van der Waals surface area contributed by atoms with Crippen molar-refractivity contribution < 1.29 is 13.2 Å². The number of benzene rings is 1. The van der Waals surface area contributed by atoms with Gasteiger partial charge in [0.05, 0.1) is 4.90 Å². The van der Waals surface area contributed by atoms with Gasteiger partial charge < -0.3 is 11.1 Å². The fourth-order valence-electron chi connectivity index (χ4n) is 3.15. The van der Waals surface area contributed by atoms with E-state index in [2.05, 4.69) is 10.0 Å². The van der Waals surface area contributed by atoms with Crippen molar-refractivity contribution in [1.82, 2.24) is 10.0 Å². The van der Waals surface area contributed by atoms with Gasteiger partial charge in [0, 0.05) is 24.5 Å². The molecule has 0 heterocycles. The molecule has 6 nitrogen and oxygen atoms in total. The molecule has 0 unspecified atom stereocenters. The van der Waals surface area contributed by atoms with E-state index >= 15 is 0 Å². The van der Waals surface area contributed by atoms with Crippen molar-refractivity contribution in [3.05, 3.63) is 29.8 Å². The SMILES string of the molecule is NC1CCC(NC(=O)CCc2ccc(S(=O)(=O)NC3CC3)cc2)CC1. The van der Waals surface area contributed by atoms with Crippen LogP contribution in [-0.2, 0) is 21.2 Å². The van der Waals surface area contributed by atoms with Gasteiger partial charge >= 0.3 is 0 Å². The average Bonchev–Trinajstić information content (AvgIpc) is 3.39. The van der Waals surface area contributed by atoms with Crippen LogP contribution in [0.1, 0.15) is 50.5 Å². The third-order valence-corrected chi connectivity index (χ3v) is 6.45. The van der Waals surface area contributed by atoms with Crippen molar-refractivity contribution >= 4 is 15.9 Å². The molecule has 0 saturated heterocycles. The monoisotopic (exact) mass is 365 g/mol. The van der Waals surface area contributed by atoms with Gasteiger partial charge in [-0.3, -0.25) is 4.79 Å². The number of hydrogen-bond acceptors (Lipinski definition) is 4. The second-order valence-corrected chi connectivity index (χ2v) is 8.93. The van der Waals surface area contributed by atoms with E-state index in [0.717, 1.165) is 44.1 Å². The Labute approximate surface area is 149 Å². The average molecular weight is 365 g/mol. The number of sulfonamides is 1. The summed E-state index contributed by atoms with van der Waals surface area (Å²) in [5, 5.41) is 3.07. The standard InChI is InChI=1S/C18H27N3O3S/c19-14-4-6-15(7-5-14)20-18(22)12-3-13-1-10-17(11-2-13)25(23,24)21-16-8-9-16/h1-2,10-11,14-16,21H,3-9,12,19H2,(H,20,22). The Morgan fingerprint density at radius 3 is 2.20 bits per heavy atom. The van der Waals surface area contributed by atoms with Crippen molar-refractivity contribution in [3.8, 4) is 0 Å². The van der Waals surface area contributed by atoms with Gasteiger partial charge in [-0.15, -0.1) is 0 Å². The lowest BCUT2D eigenvalue weighted by atomic mass is 9.92. The fraction of sp³-hybridized carbons (Fsp3) is 0.611. The van der Waals surface area contributed by atoms with Gasteiger partial charge in [-0.2, -0.15) is 0 Å². The maximum Gasteiger partial charge on any atom is 0.240 e. The number of hydrogen-bond donors (Lipinski definition) is 3. The van der Waals surface area contributed by atoms with Crippen LogP contribution in [0.2, 0.25) is 0 Å². The molecule has 1 aromatic rings. The third kappa shape index (κ3) is 5.52. The van der Waals surface area contributed by atoms with Gasteiger partial charge in [0.15, 0.2) is 0 Å². The first-order valence-electron chi connectivity index (χ1n) is 9.08. The Morgan fingerprint density at radius 1 is 1.00 bits per heavy atom. The normalized spacial score (nSPS) is 24.0. The lowest BCUT2D eigenvalue weighted by Gasteiger charge is -2.26. The summed E-state index contributed by atoms with van der Waals surface area (Å²) >= 11 is 0. The quantitative estimate of drug-likeness (QED) is 0.680. The highest BCUT2D eigenvalue weighted by atomic mass is 32.2. The third-order valence-electron chi connectivity index (χ3n) is 4.91. The van der Waals surface area contributed by atoms with Crippen LogP contribution in [0.4, 0.5) is 0 Å². The Bertz CT molecular complexity index is 691. The molecule has 0 atom stereocenters. The van der Waals surface area contributed by atoms with Crippen molar-refractivity contribution in [1.29, 1.82) is 0 Å². The van der Waals surface area contributed by atoms with Gasteiger partial charge in [-0.1, -0.05) is 12.1 Å². The van der Waals surface area contributed by atoms with Crippen molar-refractivity contribution in [3.63, 3.8) is 0 Å². The van der Waals surface area contributed by atoms with E-state index in [9.17, 15) is 13.2 Å². The van der Waals surface area contributed by atoms with Crippen LogP contribution in [0, 0.1) is 0 Å². The molecular formula is C18H27N3O3S. The highest BCUT2D eigenvalue weighted by Crippen LogP contribution is 2.22. The molecule has 0 aromatic heterocycles. The topological polar surface area (TPSA) is 101 Å². The molecule has 0 spiro atoms. The van der Waals surface area contributed by atoms with Gasteiger partial charge in [-0.25, -0.2) is 13.1 Å². The van der Waals surface area contributed by atoms with Gasteiger partial charge in [0.2, 0.25) is 15.9 Å². The zero-order chi connectivity index (χ0) is 17.9. The van der Waals surface area contributed by atoms with E-state index in [1.54, 1.807) is 24.3 Å². The minimum Gasteiger partial charge on any atom is -0.353 e. The van der Waals surface area contributed by atoms with Crippen LogP contribution >= 0.6 is 0 Å². The zero-order valence-corrected chi connectivity index (χ0v) is 15.2. The predicted molar refractivity (Wildman–Crippen MR) is 96.5 cm³/mol. The number of carbonyl (C=O) groups excluding carboxylic acids is 1. The Morgan fingerprint density at radius 2 is 1.60 bits per heavy atom. The van der Waals surface area contributed by atoms with E-state index in [1.165, 1.54) is 0 Å². The van der Waals surface area contributed by atoms with Gasteiger partial charge in [-0.05, 0) is 62.6 Å². The highest BCUT2D eigenvalue weighted by Gasteiger charge is 2.27. The lowest BCUT2D eigenvalue weighted by Crippen LogP contribution is -2.40. The van der Waals surface area contributed by atoms with Crippen LogP contribution < -0.4 is 15.8 Å². The Hall–Kier alpha value is -1.44. The largest absolute Gasteiger partial charge is 0.353 e. The van der Waals surface area contributed by atoms with E-state index in [0.29, 0.717) is 12.8 Å². The first-order chi connectivity index (χ1) is 11.9. The molecule has 25 heavy (non-hydrogen) atoms. The molecular weight excluding hydrogens is 338 g/mol. The fourth-order valence-corrected chi connectivity index (χ4v) is 4.45. The van der Waals surface area contributed by atoms with E-state index in [1.807, 2.05) is 0 Å². The molecule has 1 aromatic carbocycles. The van der Waals surface area contributed by atoms with Crippen LogP contribution in [-0.4, -0.2) is 32.5 Å². The second kappa shape index (κ2) is 7.85. The molecule has 3 rings (SSSR count). The number of carbonyl (C=O) groups is 1. The summed E-state index contributed by atoms with van der Waals surface area (Å²) in [5.41, 5.74) is 6.84. The minimum atomic E-state index is -3.41. The second-order valence-electron chi connectivity index (χ2n) is 7.22. The van der Waals surface area contributed by atoms with E-state index in [4.69, 9.17) is 5.73 Å². The maximum atomic E-state index is 12.1. The first-order valence-corrected chi connectivity index (χ1v) is 10.6. The molecule has 4 N–H and O–H groups in total. The lowest BCUT2D eigenvalue weighted by molar-refractivity contribution is -0.122. The highest BCUT2D eigenvalue weighted by molar-refractivity contribution is 7.89. The van der Waals surface area contributed by atoms with E-state index in [-0.39, 0.29) is 28.9 Å². The summed E-state index contributed by atoms with van der Waals surface area (Å²) in [7, 11) is -3.41. The molecule has 2 aliphatic carbocycles. The molecule has 0 radical (unpaired) electrons. The minimum absolute atomic E-state index is 0.0487. The molecule has 7 heteroatoms. The van der Waals surface area contributed by atoms with E-state index < -0.39 is 10.0 Å². The summed E-state index contributed by atoms with van der Waals surface area (Å²) in [4.78, 5) is 12.4. The number of amides is 1.